The predicted molar refractivity (Wildman–Crippen MR) is 151 cm³/mol. The van der Waals surface area contributed by atoms with E-state index in [1.165, 1.54) is 25.4 Å². The highest BCUT2D eigenvalue weighted by Crippen LogP contribution is 2.27. The van der Waals surface area contributed by atoms with Crippen molar-refractivity contribution in [3.63, 3.8) is 0 Å². The summed E-state index contributed by atoms with van der Waals surface area (Å²) in [6.45, 7) is 5.65. The number of anilines is 1. The Morgan fingerprint density at radius 1 is 1.29 bits per heavy atom. The van der Waals surface area contributed by atoms with E-state index >= 15 is 0 Å². The zero-order chi connectivity index (χ0) is 29.3. The van der Waals surface area contributed by atoms with Crippen LogP contribution in [0, 0.1) is 25.2 Å². The number of nitrogens with one attached hydrogen (secondary N) is 3. The van der Waals surface area contributed by atoms with Crippen LogP contribution >= 0.6 is 0 Å². The lowest BCUT2D eigenvalue weighted by Crippen LogP contribution is -2.35. The molecule has 1 aliphatic rings. The number of hydrogen-bond donors (Lipinski definition) is 4. The van der Waals surface area contributed by atoms with Crippen LogP contribution in [0.1, 0.15) is 46.9 Å². The molecule has 12 nitrogen and oxygen atoms in total. The van der Waals surface area contributed by atoms with Crippen molar-refractivity contribution in [2.75, 3.05) is 19.0 Å². The maximum Gasteiger partial charge on any atom is 0.259 e. The lowest BCUT2D eigenvalue weighted by atomic mass is 10.1. The minimum absolute atomic E-state index is 0.00756. The number of ether oxygens (including phenoxy) is 1. The first-order chi connectivity index (χ1) is 19.6. The summed E-state index contributed by atoms with van der Waals surface area (Å²) in [5.74, 6) is -1.13. The molecule has 0 bridgehead atoms. The molecule has 3 aromatic heterocycles. The number of halogens is 1. The van der Waals surface area contributed by atoms with Gasteiger partial charge in [0, 0.05) is 36.8 Å². The van der Waals surface area contributed by atoms with E-state index in [0.29, 0.717) is 22.3 Å². The quantitative estimate of drug-likeness (QED) is 0.0991. The standard InChI is InChI=1S/C28H32FN9O3/c1-16-9-23(29)20(26(33-30)35-34-19-5-6-19)11-24(16)32-27(39)21-12-31-38-8-7-18(10-25(21)38)22-13-37(36-17(22)2)14-28(3,40)15-41-4/h7-13,19,30,34,40H,5-6,14-15H2,1-4H3,(H,32,39)/b33-30?,35-26-/t28-/m0/s1. The summed E-state index contributed by atoms with van der Waals surface area (Å²) in [5.41, 5.74) is 13.4. The monoisotopic (exact) mass is 561 g/mol. The van der Waals surface area contributed by atoms with Crippen molar-refractivity contribution >= 4 is 22.9 Å². The maximum atomic E-state index is 14.8. The second-order valence-corrected chi connectivity index (χ2v) is 10.6. The number of hydrogen-bond acceptors (Lipinski definition) is 8. The number of benzene rings is 1. The fourth-order valence-electron chi connectivity index (χ4n) is 4.59. The van der Waals surface area contributed by atoms with Gasteiger partial charge in [-0.3, -0.25) is 9.48 Å². The Kier molecular flexibility index (Phi) is 7.65. The first kappa shape index (κ1) is 28.1. The number of aliphatic hydroxyl groups is 1. The Hall–Kier alpha value is -4.49. The number of aromatic nitrogens is 4. The number of hydrazone groups is 1. The van der Waals surface area contributed by atoms with Crippen molar-refractivity contribution in [3.05, 3.63) is 71.1 Å². The number of rotatable bonds is 10. The summed E-state index contributed by atoms with van der Waals surface area (Å²) in [4.78, 5) is 13.4. The zero-order valence-electron chi connectivity index (χ0n) is 23.3. The van der Waals surface area contributed by atoms with E-state index in [9.17, 15) is 14.3 Å². The van der Waals surface area contributed by atoms with Gasteiger partial charge in [0.15, 0.2) is 0 Å². The van der Waals surface area contributed by atoms with Gasteiger partial charge in [-0.05, 0) is 69.0 Å². The van der Waals surface area contributed by atoms with Gasteiger partial charge in [-0.15, -0.1) is 5.11 Å². The van der Waals surface area contributed by atoms with Gasteiger partial charge in [-0.2, -0.15) is 15.3 Å². The third-order valence-corrected chi connectivity index (χ3v) is 6.82. The van der Waals surface area contributed by atoms with E-state index in [1.807, 2.05) is 25.3 Å². The summed E-state index contributed by atoms with van der Waals surface area (Å²) in [6.07, 6.45) is 7.00. The van der Waals surface area contributed by atoms with Crippen LogP contribution in [0.3, 0.4) is 0 Å². The number of amidine groups is 1. The molecule has 41 heavy (non-hydrogen) atoms. The SMILES string of the molecule is COC[C@@](C)(O)Cn1cc(-c2ccn3ncc(C(=O)Nc4cc(/C(N=N)=N/NC5CC5)c(F)cc4C)c3c2)c(C)n1. The molecule has 1 amide bonds. The number of carbonyl (C=O) groups is 1. The number of pyridine rings is 1. The molecule has 5 rings (SSSR count). The van der Waals surface area contributed by atoms with Gasteiger partial charge in [-0.1, -0.05) is 0 Å². The molecule has 0 saturated heterocycles. The van der Waals surface area contributed by atoms with Crippen LogP contribution < -0.4 is 10.7 Å². The van der Waals surface area contributed by atoms with Gasteiger partial charge >= 0.3 is 0 Å². The molecule has 1 atom stereocenters. The molecule has 0 aliphatic heterocycles. The Morgan fingerprint density at radius 3 is 2.78 bits per heavy atom. The third-order valence-electron chi connectivity index (χ3n) is 6.82. The van der Waals surface area contributed by atoms with Crippen LogP contribution in [-0.4, -0.2) is 61.6 Å². The lowest BCUT2D eigenvalue weighted by molar-refractivity contribution is -0.0308. The van der Waals surface area contributed by atoms with Crippen molar-refractivity contribution in [1.29, 1.82) is 5.53 Å². The fraction of sp³-hybridized carbons (Fsp3) is 0.357. The molecule has 4 aromatic rings. The van der Waals surface area contributed by atoms with E-state index < -0.39 is 17.3 Å². The first-order valence-corrected chi connectivity index (χ1v) is 13.1. The molecule has 1 fully saturated rings. The first-order valence-electron chi connectivity index (χ1n) is 13.1. The maximum absolute atomic E-state index is 14.8. The predicted octanol–water partition coefficient (Wildman–Crippen LogP) is 4.05. The summed E-state index contributed by atoms with van der Waals surface area (Å²) in [6, 6.07) is 6.65. The van der Waals surface area contributed by atoms with Gasteiger partial charge in [-0.25, -0.2) is 14.4 Å². The largest absolute Gasteiger partial charge is 0.386 e. The molecule has 0 unspecified atom stereocenters. The van der Waals surface area contributed by atoms with Crippen molar-refractivity contribution in [3.8, 4) is 11.1 Å². The average molecular weight is 562 g/mol. The molecule has 1 aromatic carbocycles. The van der Waals surface area contributed by atoms with E-state index in [4.69, 9.17) is 10.3 Å². The number of amides is 1. The van der Waals surface area contributed by atoms with Crippen LogP contribution in [0.25, 0.3) is 16.6 Å². The molecular weight excluding hydrogens is 529 g/mol. The average Bonchev–Trinajstić information content (AvgIpc) is 3.54. The van der Waals surface area contributed by atoms with Gasteiger partial charge < -0.3 is 20.6 Å². The summed E-state index contributed by atoms with van der Waals surface area (Å²) >= 11 is 0. The van der Waals surface area contributed by atoms with Gasteiger partial charge in [0.1, 0.15) is 11.4 Å². The summed E-state index contributed by atoms with van der Waals surface area (Å²) < 4.78 is 23.2. The molecule has 4 N–H and O–H groups in total. The molecule has 1 saturated carbocycles. The minimum atomic E-state index is -1.08. The number of aryl methyl sites for hydroxylation is 2. The van der Waals surface area contributed by atoms with Crippen molar-refractivity contribution < 1.29 is 19.0 Å². The Morgan fingerprint density at radius 2 is 2.07 bits per heavy atom. The summed E-state index contributed by atoms with van der Waals surface area (Å²) in [7, 11) is 1.53. The van der Waals surface area contributed by atoms with E-state index in [2.05, 4.69) is 31.2 Å². The van der Waals surface area contributed by atoms with Crippen LogP contribution in [0.2, 0.25) is 0 Å². The lowest BCUT2D eigenvalue weighted by Gasteiger charge is -2.21. The second-order valence-electron chi connectivity index (χ2n) is 10.6. The number of fused-ring (bicyclic) bond motifs is 1. The van der Waals surface area contributed by atoms with Gasteiger partial charge in [0.25, 0.3) is 5.91 Å². The fourth-order valence-corrected chi connectivity index (χ4v) is 4.59. The van der Waals surface area contributed by atoms with Crippen LogP contribution in [0.5, 0.6) is 0 Å². The molecule has 214 valence electrons. The molecule has 0 spiro atoms. The zero-order valence-corrected chi connectivity index (χ0v) is 23.3. The van der Waals surface area contributed by atoms with Gasteiger partial charge in [0.05, 0.1) is 41.7 Å². The summed E-state index contributed by atoms with van der Waals surface area (Å²) in [5, 5.41) is 29.7. The Labute approximate surface area is 235 Å². The Bertz CT molecular complexity index is 1650. The smallest absolute Gasteiger partial charge is 0.259 e. The van der Waals surface area contributed by atoms with Crippen LogP contribution in [-0.2, 0) is 11.3 Å². The normalized spacial score (nSPS) is 15.1. The Balaban J connectivity index is 1.42. The van der Waals surface area contributed by atoms with E-state index in [-0.39, 0.29) is 30.6 Å². The number of methoxy groups -OCH3 is 1. The van der Waals surface area contributed by atoms with E-state index in [0.717, 1.165) is 29.7 Å². The highest BCUT2D eigenvalue weighted by Gasteiger charge is 2.24. The molecule has 0 radical (unpaired) electrons. The van der Waals surface area contributed by atoms with E-state index in [1.54, 1.807) is 29.2 Å². The third kappa shape index (κ3) is 6.15. The highest BCUT2D eigenvalue weighted by atomic mass is 19.1. The topological polar surface area (TPSA) is 154 Å². The highest BCUT2D eigenvalue weighted by molar-refractivity contribution is 6.10. The molecule has 1 aliphatic carbocycles. The number of carbonyl (C=O) groups excluding carboxylic acids is 1. The van der Waals surface area contributed by atoms with Crippen LogP contribution in [0.15, 0.2) is 53.1 Å². The molecule has 13 heteroatoms. The van der Waals surface area contributed by atoms with Gasteiger partial charge in [0.2, 0.25) is 5.84 Å². The van der Waals surface area contributed by atoms with Crippen molar-refractivity contribution in [2.24, 2.45) is 10.2 Å². The van der Waals surface area contributed by atoms with Crippen molar-refractivity contribution in [1.82, 2.24) is 24.8 Å². The second kappa shape index (κ2) is 11.2. The van der Waals surface area contributed by atoms with Crippen LogP contribution in [0.4, 0.5) is 10.1 Å². The minimum Gasteiger partial charge on any atom is -0.386 e. The molecule has 3 heterocycles. The van der Waals surface area contributed by atoms with Crippen molar-refractivity contribution in [2.45, 2.75) is 51.8 Å². The number of nitrogens with zero attached hydrogens (tertiary/aromatic N) is 6. The molecular formula is C28H32FN9O3.